The van der Waals surface area contributed by atoms with Gasteiger partial charge in [-0.15, -0.1) is 0 Å². The molecule has 0 aromatic heterocycles. The molecule has 0 radical (unpaired) electrons. The van der Waals surface area contributed by atoms with E-state index in [4.69, 9.17) is 9.84 Å². The molecule has 0 unspecified atom stereocenters. The average Bonchev–Trinajstić information content (AvgIpc) is 2.56. The van der Waals surface area contributed by atoms with Crippen LogP contribution in [0.2, 0.25) is 0 Å². The molecule has 0 aliphatic carbocycles. The fourth-order valence-corrected chi connectivity index (χ4v) is 2.87. The van der Waals surface area contributed by atoms with E-state index < -0.39 is 0 Å². The molecule has 3 nitrogen and oxygen atoms in total. The monoisotopic (exact) mass is 386 g/mol. The van der Waals surface area contributed by atoms with Gasteiger partial charge in [-0.05, 0) is 6.42 Å². The summed E-state index contributed by atoms with van der Waals surface area (Å²) in [6.07, 6.45) is 20.4. The van der Waals surface area contributed by atoms with Gasteiger partial charge in [0, 0.05) is 6.42 Å². The number of esters is 1. The number of carbonyl (C=O) groups excluding carboxylic acids is 1. The van der Waals surface area contributed by atoms with Gasteiger partial charge in [-0.3, -0.25) is 4.79 Å². The van der Waals surface area contributed by atoms with E-state index in [2.05, 4.69) is 6.92 Å². The van der Waals surface area contributed by atoms with Crippen molar-refractivity contribution in [3.63, 3.8) is 0 Å². The molecule has 0 saturated carbocycles. The second-order valence-corrected chi connectivity index (χ2v) is 6.64. The first-order chi connectivity index (χ1) is 11.3. The molecule has 0 atom stereocenters. The third kappa shape index (κ3) is 27.0. The van der Waals surface area contributed by atoms with Crippen molar-refractivity contribution in [1.29, 1.82) is 0 Å². The Hall–Kier alpha value is 0.720. The van der Waals surface area contributed by atoms with Crippen molar-refractivity contribution < 1.29 is 56.6 Å². The molecule has 25 heavy (non-hydrogen) atoms. The number of rotatable bonds is 18. The van der Waals surface area contributed by atoms with E-state index in [0.717, 1.165) is 12.8 Å². The number of unbranched alkanes of at least 4 members (excludes halogenated alkanes) is 14. The molecule has 5 heteroatoms. The number of hydrogen-bond acceptors (Lipinski definition) is 3. The zero-order valence-corrected chi connectivity index (χ0v) is 19.6. The molecule has 0 rings (SSSR count). The predicted molar refractivity (Wildman–Crippen MR) is 97.6 cm³/mol. The maximum atomic E-state index is 11.2. The van der Waals surface area contributed by atoms with Crippen molar-refractivity contribution in [2.75, 3.05) is 13.2 Å². The van der Waals surface area contributed by atoms with Crippen molar-refractivity contribution in [3.8, 4) is 0 Å². The molecule has 0 aliphatic rings. The first-order valence-corrected chi connectivity index (χ1v) is 10.1. The topological polar surface area (TPSA) is 46.5 Å². The Morgan fingerprint density at radius 3 is 1.44 bits per heavy atom. The number of halogens is 1. The number of carbonyl (C=O) groups is 1. The van der Waals surface area contributed by atoms with Gasteiger partial charge in [0.1, 0.15) is 6.61 Å². The molecule has 0 fully saturated rings. The summed E-state index contributed by atoms with van der Waals surface area (Å²) in [6, 6.07) is 0. The summed E-state index contributed by atoms with van der Waals surface area (Å²) in [6.45, 7) is 2.33. The molecule has 0 spiro atoms. The Bertz CT molecular complexity index is 253. The van der Waals surface area contributed by atoms with Crippen LogP contribution in [0.25, 0.3) is 0 Å². The van der Waals surface area contributed by atoms with E-state index in [0.29, 0.717) is 6.42 Å². The molecule has 0 amide bonds. The first-order valence-electron chi connectivity index (χ1n) is 10.1. The van der Waals surface area contributed by atoms with Crippen LogP contribution in [-0.4, -0.2) is 24.3 Å². The largest absolute Gasteiger partial charge is 1.00 e. The number of ether oxygens (including phenoxy) is 1. The Labute approximate surface area is 184 Å². The molecule has 0 aromatic rings. The number of aliphatic hydroxyl groups is 1. The molecule has 0 heterocycles. The van der Waals surface area contributed by atoms with E-state index in [1.165, 1.54) is 83.5 Å². The van der Waals surface area contributed by atoms with Crippen molar-refractivity contribution in [3.05, 3.63) is 0 Å². The van der Waals surface area contributed by atoms with E-state index in [-0.39, 0.29) is 61.1 Å². The van der Waals surface area contributed by atoms with E-state index in [1.807, 2.05) is 0 Å². The molecule has 0 saturated heterocycles. The van der Waals surface area contributed by atoms with Crippen molar-refractivity contribution in [2.24, 2.45) is 0 Å². The Morgan fingerprint density at radius 1 is 0.720 bits per heavy atom. The summed E-state index contributed by atoms with van der Waals surface area (Å²) in [5, 5.41) is 8.54. The molecule has 146 valence electrons. The van der Waals surface area contributed by atoms with Crippen LogP contribution in [0.1, 0.15) is 110 Å². The van der Waals surface area contributed by atoms with Gasteiger partial charge < -0.3 is 22.3 Å². The van der Waals surface area contributed by atoms with Gasteiger partial charge >= 0.3 is 35.5 Å². The summed E-state index contributed by atoms with van der Waals surface area (Å²) >= 11 is 0. The minimum atomic E-state index is -0.172. The second kappa shape index (κ2) is 26.9. The van der Waals surface area contributed by atoms with Gasteiger partial charge in [0.05, 0.1) is 6.61 Å². The molecule has 0 bridgehead atoms. The van der Waals surface area contributed by atoms with Crippen LogP contribution in [-0.2, 0) is 9.53 Å². The summed E-state index contributed by atoms with van der Waals surface area (Å²) in [5.74, 6) is -0.172. The maximum Gasteiger partial charge on any atom is 1.00 e. The number of hydrogen-bond donors (Lipinski definition) is 1. The normalized spacial score (nSPS) is 10.0. The SMILES string of the molecule is CCCCCCCCCCCCCCCCCC(=O)OCCO.[Cl-].[Na+]. The van der Waals surface area contributed by atoms with Crippen molar-refractivity contribution in [2.45, 2.75) is 110 Å². The van der Waals surface area contributed by atoms with Gasteiger partial charge in [-0.25, -0.2) is 0 Å². The van der Waals surface area contributed by atoms with Gasteiger partial charge in [0.25, 0.3) is 0 Å². The quantitative estimate of drug-likeness (QED) is 0.201. The molecular weight excluding hydrogens is 347 g/mol. The number of aliphatic hydroxyl groups excluding tert-OH is 1. The average molecular weight is 387 g/mol. The smallest absolute Gasteiger partial charge is 1.00 e. The zero-order valence-electron chi connectivity index (χ0n) is 16.9. The summed E-state index contributed by atoms with van der Waals surface area (Å²) in [4.78, 5) is 11.2. The fraction of sp³-hybridized carbons (Fsp3) is 0.950. The van der Waals surface area contributed by atoms with Crippen LogP contribution in [0.5, 0.6) is 0 Å². The molecule has 1 N–H and O–H groups in total. The van der Waals surface area contributed by atoms with Crippen LogP contribution in [0.4, 0.5) is 0 Å². The summed E-state index contributed by atoms with van der Waals surface area (Å²) in [7, 11) is 0. The van der Waals surface area contributed by atoms with Crippen molar-refractivity contribution in [1.82, 2.24) is 0 Å². The molecule has 0 aliphatic heterocycles. The van der Waals surface area contributed by atoms with E-state index >= 15 is 0 Å². The standard InChI is InChI=1S/C20H40O3.ClH.Na/c1-2-3-4-5-6-7-8-9-10-11-12-13-14-15-16-17-20(22)23-19-18-21;;/h21H,2-19H2,1H3;1H;/q;;+1/p-1. The van der Waals surface area contributed by atoms with Crippen LogP contribution in [0.15, 0.2) is 0 Å². The van der Waals surface area contributed by atoms with Gasteiger partial charge in [-0.2, -0.15) is 0 Å². The van der Waals surface area contributed by atoms with E-state index in [9.17, 15) is 4.79 Å². The Balaban J connectivity index is -0.00000242. The van der Waals surface area contributed by atoms with E-state index in [1.54, 1.807) is 0 Å². The van der Waals surface area contributed by atoms with Crippen molar-refractivity contribution >= 4 is 5.97 Å². The van der Waals surface area contributed by atoms with Crippen LogP contribution < -0.4 is 42.0 Å². The van der Waals surface area contributed by atoms with Gasteiger partial charge in [0.15, 0.2) is 0 Å². The first kappa shape index (κ1) is 30.4. The summed E-state index contributed by atoms with van der Waals surface area (Å²) in [5.41, 5.74) is 0. The second-order valence-electron chi connectivity index (χ2n) is 6.64. The van der Waals surface area contributed by atoms with Gasteiger partial charge in [0.2, 0.25) is 0 Å². The molecule has 0 aromatic carbocycles. The zero-order chi connectivity index (χ0) is 17.0. The van der Waals surface area contributed by atoms with Gasteiger partial charge in [-0.1, -0.05) is 96.8 Å². The minimum Gasteiger partial charge on any atom is -1.00 e. The van der Waals surface area contributed by atoms with Crippen LogP contribution in [0.3, 0.4) is 0 Å². The third-order valence-electron chi connectivity index (χ3n) is 4.34. The predicted octanol–water partition coefficient (Wildman–Crippen LogP) is -0.209. The van der Waals surface area contributed by atoms with Crippen LogP contribution >= 0.6 is 0 Å². The van der Waals surface area contributed by atoms with Crippen LogP contribution in [0, 0.1) is 0 Å². The fourth-order valence-electron chi connectivity index (χ4n) is 2.87. The summed E-state index contributed by atoms with van der Waals surface area (Å²) < 4.78 is 4.82. The minimum absolute atomic E-state index is 0. The maximum absolute atomic E-state index is 11.2. The Kier molecular flexibility index (Phi) is 32.8. The molecular formula is C20H40ClNaO3. The Morgan fingerprint density at radius 2 is 1.08 bits per heavy atom. The third-order valence-corrected chi connectivity index (χ3v) is 4.34.